The van der Waals surface area contributed by atoms with Crippen LogP contribution in [0.15, 0.2) is 66.1 Å². The van der Waals surface area contributed by atoms with Gasteiger partial charge in [-0.2, -0.15) is 0 Å². The second-order valence-electron chi connectivity index (χ2n) is 7.95. The van der Waals surface area contributed by atoms with Crippen molar-refractivity contribution in [2.45, 2.75) is 30.4 Å². The standard InChI is InChI=1S/C22H25N5O3S.ClH/c1-15(27-31(29,30)19-5-3-17-12-23-8-7-16(17)9-19)11-24-13-22(2,28)18-4-6-20-21(10-18)26-14-25-20;/h3-10,12,14-15,24,27-28H,11,13H2,1-2H3,(H,25,26);1H/t15-,22?;/m1./s1. The van der Waals surface area contributed by atoms with Gasteiger partial charge < -0.3 is 15.4 Å². The van der Waals surface area contributed by atoms with Gasteiger partial charge in [-0.05, 0) is 55.1 Å². The van der Waals surface area contributed by atoms with E-state index >= 15 is 0 Å². The topological polar surface area (TPSA) is 120 Å². The molecule has 2 aromatic heterocycles. The smallest absolute Gasteiger partial charge is 0.240 e. The zero-order chi connectivity index (χ0) is 22.1. The van der Waals surface area contributed by atoms with Crippen LogP contribution in [0, 0.1) is 0 Å². The first-order chi connectivity index (χ1) is 14.7. The minimum Gasteiger partial charge on any atom is -0.384 e. The van der Waals surface area contributed by atoms with E-state index in [4.69, 9.17) is 0 Å². The molecule has 4 N–H and O–H groups in total. The summed E-state index contributed by atoms with van der Waals surface area (Å²) in [6.07, 6.45) is 4.94. The number of rotatable bonds is 8. The molecule has 1 unspecified atom stereocenters. The zero-order valence-electron chi connectivity index (χ0n) is 17.7. The molecule has 0 amide bonds. The molecule has 0 radical (unpaired) electrons. The van der Waals surface area contributed by atoms with Gasteiger partial charge in [0.1, 0.15) is 0 Å². The van der Waals surface area contributed by atoms with Crippen LogP contribution in [0.2, 0.25) is 0 Å². The predicted molar refractivity (Wildman–Crippen MR) is 127 cm³/mol. The Hall–Kier alpha value is -2.56. The number of hydrogen-bond donors (Lipinski definition) is 4. The van der Waals surface area contributed by atoms with Gasteiger partial charge in [0.2, 0.25) is 10.0 Å². The number of fused-ring (bicyclic) bond motifs is 2. The van der Waals surface area contributed by atoms with Crippen LogP contribution in [-0.2, 0) is 15.6 Å². The molecule has 2 heterocycles. The highest BCUT2D eigenvalue weighted by Gasteiger charge is 2.24. The number of H-pyrrole nitrogens is 1. The molecule has 0 aliphatic carbocycles. The number of sulfonamides is 1. The van der Waals surface area contributed by atoms with E-state index in [0.717, 1.165) is 27.4 Å². The lowest BCUT2D eigenvalue weighted by Crippen LogP contribution is -2.44. The fourth-order valence-electron chi connectivity index (χ4n) is 3.50. The SMILES string of the molecule is C[C@H](CNCC(C)(O)c1ccc2[nH]cnc2c1)NS(=O)(=O)c1ccc2cnccc2c1.Cl. The fraction of sp³-hybridized carbons (Fsp3) is 0.273. The van der Waals surface area contributed by atoms with Gasteiger partial charge >= 0.3 is 0 Å². The van der Waals surface area contributed by atoms with E-state index in [-0.39, 0.29) is 29.9 Å². The third kappa shape index (κ3) is 5.25. The van der Waals surface area contributed by atoms with Crippen molar-refractivity contribution < 1.29 is 13.5 Å². The van der Waals surface area contributed by atoms with E-state index in [1.807, 2.05) is 18.2 Å². The maximum absolute atomic E-state index is 12.8. The second kappa shape index (κ2) is 9.51. The summed E-state index contributed by atoms with van der Waals surface area (Å²) in [4.78, 5) is 11.5. The number of aromatic nitrogens is 3. The molecule has 170 valence electrons. The first-order valence-corrected chi connectivity index (χ1v) is 11.5. The quantitative estimate of drug-likeness (QED) is 0.311. The van der Waals surface area contributed by atoms with Crippen LogP contribution < -0.4 is 10.0 Å². The number of hydrogen-bond acceptors (Lipinski definition) is 6. The van der Waals surface area contributed by atoms with E-state index in [2.05, 4.69) is 25.0 Å². The Balaban J connectivity index is 0.00000289. The minimum absolute atomic E-state index is 0. The summed E-state index contributed by atoms with van der Waals surface area (Å²) in [5.41, 5.74) is 1.29. The predicted octanol–water partition coefficient (Wildman–Crippen LogP) is 2.70. The van der Waals surface area contributed by atoms with Gasteiger partial charge in [0, 0.05) is 36.9 Å². The van der Waals surface area contributed by atoms with Gasteiger partial charge in [0.15, 0.2) is 0 Å². The third-order valence-electron chi connectivity index (χ3n) is 5.24. The molecule has 2 aromatic carbocycles. The van der Waals surface area contributed by atoms with Gasteiger partial charge in [-0.25, -0.2) is 18.1 Å². The molecule has 0 fully saturated rings. The lowest BCUT2D eigenvalue weighted by molar-refractivity contribution is 0.0569. The fourth-order valence-corrected chi connectivity index (χ4v) is 4.78. The molecule has 4 rings (SSSR count). The van der Waals surface area contributed by atoms with E-state index in [0.29, 0.717) is 6.54 Å². The van der Waals surface area contributed by atoms with Gasteiger partial charge in [-0.15, -0.1) is 12.4 Å². The molecule has 0 spiro atoms. The van der Waals surface area contributed by atoms with Crippen molar-refractivity contribution in [3.8, 4) is 0 Å². The molecular weight excluding hydrogens is 450 g/mol. The lowest BCUT2D eigenvalue weighted by Gasteiger charge is -2.25. The molecule has 8 nitrogen and oxygen atoms in total. The number of aromatic amines is 1. The zero-order valence-corrected chi connectivity index (χ0v) is 19.4. The molecular formula is C22H26ClN5O3S. The average Bonchev–Trinajstić information content (AvgIpc) is 3.21. The summed E-state index contributed by atoms with van der Waals surface area (Å²) >= 11 is 0. The van der Waals surface area contributed by atoms with Crippen molar-refractivity contribution in [3.63, 3.8) is 0 Å². The normalized spacial score (nSPS) is 14.7. The number of imidazole rings is 1. The van der Waals surface area contributed by atoms with Crippen molar-refractivity contribution in [1.82, 2.24) is 25.0 Å². The third-order valence-corrected chi connectivity index (χ3v) is 6.83. The van der Waals surface area contributed by atoms with E-state index in [9.17, 15) is 13.5 Å². The number of benzene rings is 2. The minimum atomic E-state index is -3.67. The molecule has 0 aliphatic heterocycles. The molecule has 0 saturated heterocycles. The Bertz CT molecular complexity index is 1320. The van der Waals surface area contributed by atoms with Crippen LogP contribution in [0.1, 0.15) is 19.4 Å². The van der Waals surface area contributed by atoms with E-state index in [1.165, 1.54) is 0 Å². The van der Waals surface area contributed by atoms with Gasteiger partial charge in [0.05, 0.1) is 27.9 Å². The van der Waals surface area contributed by atoms with Crippen molar-refractivity contribution >= 4 is 44.2 Å². The van der Waals surface area contributed by atoms with Crippen LogP contribution in [0.4, 0.5) is 0 Å². The summed E-state index contributed by atoms with van der Waals surface area (Å²) in [6.45, 7) is 4.11. The Labute approximate surface area is 192 Å². The summed E-state index contributed by atoms with van der Waals surface area (Å²) in [7, 11) is -3.67. The van der Waals surface area contributed by atoms with Crippen LogP contribution in [0.5, 0.6) is 0 Å². The highest BCUT2D eigenvalue weighted by molar-refractivity contribution is 7.89. The molecule has 10 heteroatoms. The Morgan fingerprint density at radius 2 is 1.97 bits per heavy atom. The number of aliphatic hydroxyl groups is 1. The van der Waals surface area contributed by atoms with Crippen LogP contribution in [-0.4, -0.2) is 47.6 Å². The Morgan fingerprint density at radius 1 is 1.16 bits per heavy atom. The molecule has 2 atom stereocenters. The largest absolute Gasteiger partial charge is 0.384 e. The average molecular weight is 476 g/mol. The van der Waals surface area contributed by atoms with Crippen molar-refractivity contribution in [2.75, 3.05) is 13.1 Å². The van der Waals surface area contributed by atoms with Crippen LogP contribution >= 0.6 is 12.4 Å². The van der Waals surface area contributed by atoms with Crippen LogP contribution in [0.25, 0.3) is 21.8 Å². The lowest BCUT2D eigenvalue weighted by atomic mass is 9.95. The number of halogens is 1. The molecule has 4 aromatic rings. The van der Waals surface area contributed by atoms with Gasteiger partial charge in [-0.3, -0.25) is 4.98 Å². The van der Waals surface area contributed by atoms with E-state index in [1.54, 1.807) is 56.8 Å². The second-order valence-corrected chi connectivity index (χ2v) is 9.66. The molecule has 0 bridgehead atoms. The van der Waals surface area contributed by atoms with Gasteiger partial charge in [-0.1, -0.05) is 12.1 Å². The Morgan fingerprint density at radius 3 is 2.78 bits per heavy atom. The first kappa shape index (κ1) is 24.1. The van der Waals surface area contributed by atoms with E-state index < -0.39 is 15.6 Å². The molecule has 0 saturated carbocycles. The molecule has 32 heavy (non-hydrogen) atoms. The number of pyridine rings is 1. The maximum Gasteiger partial charge on any atom is 0.240 e. The van der Waals surface area contributed by atoms with Gasteiger partial charge in [0.25, 0.3) is 0 Å². The summed E-state index contributed by atoms with van der Waals surface area (Å²) in [5.74, 6) is 0. The first-order valence-electron chi connectivity index (χ1n) is 9.97. The Kier molecular flexibility index (Phi) is 7.16. The monoisotopic (exact) mass is 475 g/mol. The highest BCUT2D eigenvalue weighted by Crippen LogP contribution is 2.23. The summed E-state index contributed by atoms with van der Waals surface area (Å²) in [6, 6.07) is 11.9. The highest BCUT2D eigenvalue weighted by atomic mass is 35.5. The van der Waals surface area contributed by atoms with Crippen molar-refractivity contribution in [1.29, 1.82) is 0 Å². The number of nitrogens with zero attached hydrogens (tertiary/aromatic N) is 2. The molecule has 0 aliphatic rings. The summed E-state index contributed by atoms with van der Waals surface area (Å²) in [5, 5.41) is 15.7. The van der Waals surface area contributed by atoms with Crippen molar-refractivity contribution in [3.05, 3.63) is 66.7 Å². The van der Waals surface area contributed by atoms with Crippen molar-refractivity contribution in [2.24, 2.45) is 0 Å². The van der Waals surface area contributed by atoms with Crippen LogP contribution in [0.3, 0.4) is 0 Å². The number of nitrogens with one attached hydrogen (secondary N) is 3. The maximum atomic E-state index is 12.8. The summed E-state index contributed by atoms with van der Waals surface area (Å²) < 4.78 is 28.2.